The Kier molecular flexibility index (Phi) is 5.28. The number of anilines is 1. The van der Waals surface area contributed by atoms with Crippen LogP contribution >= 0.6 is 23.2 Å². The fourth-order valence-electron chi connectivity index (χ4n) is 2.54. The van der Waals surface area contributed by atoms with Crippen LogP contribution in [-0.4, -0.2) is 18.2 Å². The fourth-order valence-corrected chi connectivity index (χ4v) is 4.72. The molecule has 8 heteroatoms. The van der Waals surface area contributed by atoms with Crippen LogP contribution in [0.4, 0.5) is 5.69 Å². The summed E-state index contributed by atoms with van der Waals surface area (Å²) in [5.74, 6) is 0. The summed E-state index contributed by atoms with van der Waals surface area (Å²) in [5, 5.41) is 4.68. The van der Waals surface area contributed by atoms with Gasteiger partial charge in [-0.05, 0) is 37.0 Å². The molecule has 0 aliphatic heterocycles. The number of aromatic nitrogens is 2. The van der Waals surface area contributed by atoms with Crippen LogP contribution in [0, 0.1) is 6.92 Å². The first-order chi connectivity index (χ1) is 10.7. The molecular weight excluding hydrogens is 357 g/mol. The molecule has 126 valence electrons. The van der Waals surface area contributed by atoms with Gasteiger partial charge in [0.2, 0.25) is 0 Å². The van der Waals surface area contributed by atoms with Crippen molar-refractivity contribution in [1.82, 2.24) is 9.78 Å². The van der Waals surface area contributed by atoms with Gasteiger partial charge in [0.1, 0.15) is 10.0 Å². The highest BCUT2D eigenvalue weighted by atomic mass is 35.5. The van der Waals surface area contributed by atoms with Crippen molar-refractivity contribution in [2.24, 2.45) is 7.05 Å². The van der Waals surface area contributed by atoms with Gasteiger partial charge in [-0.25, -0.2) is 8.42 Å². The van der Waals surface area contributed by atoms with E-state index in [0.717, 1.165) is 11.1 Å². The van der Waals surface area contributed by atoms with Crippen LogP contribution in [0.5, 0.6) is 0 Å². The Morgan fingerprint density at radius 2 is 1.87 bits per heavy atom. The van der Waals surface area contributed by atoms with Crippen molar-refractivity contribution in [2.45, 2.75) is 38.5 Å². The van der Waals surface area contributed by atoms with Crippen molar-refractivity contribution >= 4 is 38.9 Å². The van der Waals surface area contributed by atoms with Gasteiger partial charge in [0, 0.05) is 12.1 Å². The second-order valence-corrected chi connectivity index (χ2v) is 7.59. The van der Waals surface area contributed by atoms with E-state index in [-0.39, 0.29) is 10.0 Å². The molecule has 0 saturated carbocycles. The summed E-state index contributed by atoms with van der Waals surface area (Å²) in [6, 6.07) is 3.62. The van der Waals surface area contributed by atoms with Crippen LogP contribution in [0.1, 0.15) is 30.7 Å². The molecule has 0 radical (unpaired) electrons. The molecule has 0 fully saturated rings. The minimum absolute atomic E-state index is 0.00857. The highest BCUT2D eigenvalue weighted by molar-refractivity contribution is 7.92. The SMILES string of the molecule is CCc1ccc(Cl)c(CC)c1NS(=O)(=O)c1c(C)nn(C)c1Cl. The highest BCUT2D eigenvalue weighted by Crippen LogP contribution is 2.33. The molecule has 1 heterocycles. The Bertz CT molecular complexity index is 845. The van der Waals surface area contributed by atoms with Crippen molar-refractivity contribution in [3.8, 4) is 0 Å². The van der Waals surface area contributed by atoms with Crippen molar-refractivity contribution in [1.29, 1.82) is 0 Å². The summed E-state index contributed by atoms with van der Waals surface area (Å²) in [4.78, 5) is -0.00857. The topological polar surface area (TPSA) is 64.0 Å². The van der Waals surface area contributed by atoms with Gasteiger partial charge in [0.15, 0.2) is 0 Å². The van der Waals surface area contributed by atoms with Gasteiger partial charge in [-0.2, -0.15) is 5.10 Å². The van der Waals surface area contributed by atoms with E-state index in [1.807, 2.05) is 19.9 Å². The maximum Gasteiger partial charge on any atom is 0.266 e. The molecule has 1 aromatic heterocycles. The first-order valence-electron chi connectivity index (χ1n) is 7.25. The van der Waals surface area contributed by atoms with Crippen molar-refractivity contribution in [3.05, 3.63) is 39.1 Å². The number of aryl methyl sites for hydroxylation is 3. The van der Waals surface area contributed by atoms with Gasteiger partial charge in [0.25, 0.3) is 10.0 Å². The standard InChI is InChI=1S/C15H19Cl2N3O2S/c1-5-10-7-8-12(16)11(6-2)13(10)19-23(21,22)14-9(3)18-20(4)15(14)17/h7-8,19H,5-6H2,1-4H3. The number of nitrogens with zero attached hydrogens (tertiary/aromatic N) is 2. The van der Waals surface area contributed by atoms with E-state index in [1.54, 1.807) is 20.0 Å². The Labute approximate surface area is 146 Å². The lowest BCUT2D eigenvalue weighted by molar-refractivity contribution is 0.600. The molecule has 2 rings (SSSR count). The lowest BCUT2D eigenvalue weighted by Crippen LogP contribution is -2.17. The summed E-state index contributed by atoms with van der Waals surface area (Å²) >= 11 is 12.3. The summed E-state index contributed by atoms with van der Waals surface area (Å²) in [7, 11) is -2.26. The normalized spacial score (nSPS) is 11.7. The first kappa shape index (κ1) is 18.1. The van der Waals surface area contributed by atoms with E-state index in [0.29, 0.717) is 29.2 Å². The Morgan fingerprint density at radius 1 is 1.22 bits per heavy atom. The van der Waals surface area contributed by atoms with Gasteiger partial charge >= 0.3 is 0 Å². The van der Waals surface area contributed by atoms with Crippen molar-refractivity contribution in [2.75, 3.05) is 4.72 Å². The molecule has 0 unspecified atom stereocenters. The van der Waals surface area contributed by atoms with Crippen LogP contribution in [0.3, 0.4) is 0 Å². The van der Waals surface area contributed by atoms with Gasteiger partial charge < -0.3 is 0 Å². The summed E-state index contributed by atoms with van der Waals surface area (Å²) in [6.07, 6.45) is 1.30. The van der Waals surface area contributed by atoms with Gasteiger partial charge in [-0.15, -0.1) is 0 Å². The van der Waals surface area contributed by atoms with Crippen LogP contribution < -0.4 is 4.72 Å². The summed E-state index contributed by atoms with van der Waals surface area (Å²) < 4.78 is 29.6. The smallest absolute Gasteiger partial charge is 0.266 e. The zero-order chi connectivity index (χ0) is 17.4. The monoisotopic (exact) mass is 375 g/mol. The molecule has 5 nitrogen and oxygen atoms in total. The van der Waals surface area contributed by atoms with Crippen LogP contribution in [-0.2, 0) is 29.9 Å². The second-order valence-electron chi connectivity index (χ2n) is 5.20. The molecule has 0 aliphatic carbocycles. The quantitative estimate of drug-likeness (QED) is 0.859. The summed E-state index contributed by atoms with van der Waals surface area (Å²) in [5.41, 5.74) is 2.53. The Morgan fingerprint density at radius 3 is 2.35 bits per heavy atom. The van der Waals surface area contributed by atoms with Gasteiger partial charge in [-0.1, -0.05) is 43.1 Å². The molecule has 1 aromatic carbocycles. The fraction of sp³-hybridized carbons (Fsp3) is 0.400. The lowest BCUT2D eigenvalue weighted by Gasteiger charge is -2.17. The Hall–Kier alpha value is -1.24. The second kappa shape index (κ2) is 6.71. The molecule has 2 aromatic rings. The third-order valence-corrected chi connectivity index (χ3v) is 6.08. The number of rotatable bonds is 5. The number of hydrogen-bond donors (Lipinski definition) is 1. The third kappa shape index (κ3) is 3.34. The predicted molar refractivity (Wildman–Crippen MR) is 94.0 cm³/mol. The van der Waals surface area contributed by atoms with Crippen LogP contribution in [0.2, 0.25) is 10.2 Å². The molecule has 0 bridgehead atoms. The largest absolute Gasteiger partial charge is 0.279 e. The van der Waals surface area contributed by atoms with Crippen LogP contribution in [0.25, 0.3) is 0 Å². The molecule has 0 aliphatic rings. The van der Waals surface area contributed by atoms with Crippen molar-refractivity contribution < 1.29 is 8.42 Å². The maximum absolute atomic E-state index is 12.8. The number of hydrogen-bond acceptors (Lipinski definition) is 3. The molecule has 1 N–H and O–H groups in total. The highest BCUT2D eigenvalue weighted by Gasteiger charge is 2.27. The first-order valence-corrected chi connectivity index (χ1v) is 9.49. The zero-order valence-corrected chi connectivity index (χ0v) is 15.8. The van der Waals surface area contributed by atoms with Gasteiger partial charge in [0.05, 0.1) is 11.4 Å². The number of benzene rings is 1. The maximum atomic E-state index is 12.8. The average molecular weight is 376 g/mol. The van der Waals surface area contributed by atoms with E-state index >= 15 is 0 Å². The number of nitrogens with one attached hydrogen (secondary N) is 1. The predicted octanol–water partition coefficient (Wildman–Crippen LogP) is 3.96. The van der Waals surface area contributed by atoms with Crippen LogP contribution in [0.15, 0.2) is 17.0 Å². The molecule has 23 heavy (non-hydrogen) atoms. The zero-order valence-electron chi connectivity index (χ0n) is 13.4. The number of sulfonamides is 1. The molecule has 0 atom stereocenters. The molecule has 0 saturated heterocycles. The Balaban J connectivity index is 2.60. The molecule has 0 amide bonds. The molecular formula is C15H19Cl2N3O2S. The number of halogens is 2. The van der Waals surface area contributed by atoms with E-state index < -0.39 is 10.0 Å². The van der Waals surface area contributed by atoms with E-state index in [9.17, 15) is 8.42 Å². The summed E-state index contributed by atoms with van der Waals surface area (Å²) in [6.45, 7) is 5.50. The van der Waals surface area contributed by atoms with E-state index in [4.69, 9.17) is 23.2 Å². The third-order valence-electron chi connectivity index (χ3n) is 3.68. The van der Waals surface area contributed by atoms with Crippen molar-refractivity contribution in [3.63, 3.8) is 0 Å². The van der Waals surface area contributed by atoms with Gasteiger partial charge in [-0.3, -0.25) is 9.40 Å². The minimum Gasteiger partial charge on any atom is -0.279 e. The molecule has 0 spiro atoms. The average Bonchev–Trinajstić information content (AvgIpc) is 2.72. The lowest BCUT2D eigenvalue weighted by atomic mass is 10.0. The van der Waals surface area contributed by atoms with E-state index in [2.05, 4.69) is 9.82 Å². The van der Waals surface area contributed by atoms with E-state index in [1.165, 1.54) is 4.68 Å². The minimum atomic E-state index is -3.86.